The lowest BCUT2D eigenvalue weighted by molar-refractivity contribution is -0.119. The molecule has 0 radical (unpaired) electrons. The Kier molecular flexibility index (Phi) is 6.25. The predicted molar refractivity (Wildman–Crippen MR) is 92.0 cm³/mol. The van der Waals surface area contributed by atoms with Crippen molar-refractivity contribution in [2.24, 2.45) is 0 Å². The van der Waals surface area contributed by atoms with E-state index in [2.05, 4.69) is 10.6 Å². The normalized spacial score (nSPS) is 10.0. The van der Waals surface area contributed by atoms with Crippen molar-refractivity contribution in [3.8, 4) is 0 Å². The summed E-state index contributed by atoms with van der Waals surface area (Å²) in [5, 5.41) is 14.1. The fourth-order valence-electron chi connectivity index (χ4n) is 2.04. The molecule has 0 atom stereocenters. The quantitative estimate of drug-likeness (QED) is 0.696. The smallest absolute Gasteiger partial charge is 0.338 e. The molecule has 7 heteroatoms. The summed E-state index contributed by atoms with van der Waals surface area (Å²) in [6.45, 7) is 0.831. The molecule has 0 spiro atoms. The van der Waals surface area contributed by atoms with Crippen LogP contribution in [0.2, 0.25) is 0 Å². The van der Waals surface area contributed by atoms with Crippen LogP contribution in [0.25, 0.3) is 0 Å². The molecule has 2 aromatic carbocycles. The van der Waals surface area contributed by atoms with Gasteiger partial charge in [-0.25, -0.2) is 4.79 Å². The molecule has 2 rings (SSSR count). The maximum atomic E-state index is 11.9. The molecule has 0 saturated carbocycles. The Hall–Kier alpha value is -3.19. The summed E-state index contributed by atoms with van der Waals surface area (Å²) in [5.74, 6) is -1.35. The maximum absolute atomic E-state index is 11.9. The molecule has 0 heterocycles. The van der Waals surface area contributed by atoms with Crippen molar-refractivity contribution in [1.29, 1.82) is 0 Å². The third-order valence-corrected chi connectivity index (χ3v) is 3.17. The van der Waals surface area contributed by atoms with Crippen LogP contribution in [-0.4, -0.2) is 29.5 Å². The molecule has 0 aromatic heterocycles. The van der Waals surface area contributed by atoms with E-state index in [-0.39, 0.29) is 18.1 Å². The highest BCUT2D eigenvalue weighted by Crippen LogP contribution is 2.15. The molecular formula is C18H18N2O5. The van der Waals surface area contributed by atoms with Crippen molar-refractivity contribution >= 4 is 29.2 Å². The standard InChI is InChI=1S/C18H18N2O5/c1-12(22)19-15-3-2-4-16(9-15)20-17(23)11-25-18(24)14-7-5-13(10-21)6-8-14/h2-9,21H,10-11H2,1H3,(H,19,22)(H,20,23). The number of carbonyl (C=O) groups is 3. The van der Waals surface area contributed by atoms with E-state index in [4.69, 9.17) is 9.84 Å². The van der Waals surface area contributed by atoms with Gasteiger partial charge in [-0.05, 0) is 35.9 Å². The zero-order valence-electron chi connectivity index (χ0n) is 13.6. The lowest BCUT2D eigenvalue weighted by Gasteiger charge is -2.08. The second kappa shape index (κ2) is 8.60. The number of esters is 1. The molecular weight excluding hydrogens is 324 g/mol. The number of hydrogen-bond acceptors (Lipinski definition) is 5. The minimum atomic E-state index is -0.633. The van der Waals surface area contributed by atoms with Gasteiger partial charge < -0.3 is 20.5 Å². The van der Waals surface area contributed by atoms with Crippen molar-refractivity contribution in [2.45, 2.75) is 13.5 Å². The van der Waals surface area contributed by atoms with Gasteiger partial charge in [-0.3, -0.25) is 9.59 Å². The van der Waals surface area contributed by atoms with Gasteiger partial charge in [0.1, 0.15) is 0 Å². The first kappa shape index (κ1) is 18.2. The number of benzene rings is 2. The van der Waals surface area contributed by atoms with Crippen molar-refractivity contribution in [3.63, 3.8) is 0 Å². The van der Waals surface area contributed by atoms with Gasteiger partial charge in [0.25, 0.3) is 5.91 Å². The predicted octanol–water partition coefficient (Wildman–Crippen LogP) is 1.93. The van der Waals surface area contributed by atoms with Crippen molar-refractivity contribution < 1.29 is 24.2 Å². The summed E-state index contributed by atoms with van der Waals surface area (Å²) >= 11 is 0. The molecule has 2 amide bonds. The third kappa shape index (κ3) is 5.74. The first-order chi connectivity index (χ1) is 12.0. The minimum absolute atomic E-state index is 0.116. The van der Waals surface area contributed by atoms with Gasteiger partial charge >= 0.3 is 5.97 Å². The zero-order valence-corrected chi connectivity index (χ0v) is 13.6. The maximum Gasteiger partial charge on any atom is 0.338 e. The Morgan fingerprint density at radius 2 is 1.64 bits per heavy atom. The van der Waals surface area contributed by atoms with Crippen LogP contribution >= 0.6 is 0 Å². The summed E-state index contributed by atoms with van der Waals surface area (Å²) in [7, 11) is 0. The van der Waals surface area contributed by atoms with E-state index in [0.29, 0.717) is 16.9 Å². The van der Waals surface area contributed by atoms with E-state index in [0.717, 1.165) is 0 Å². The summed E-state index contributed by atoms with van der Waals surface area (Å²) in [5.41, 5.74) is 1.98. The van der Waals surface area contributed by atoms with Crippen molar-refractivity contribution in [3.05, 3.63) is 59.7 Å². The minimum Gasteiger partial charge on any atom is -0.452 e. The number of aliphatic hydroxyl groups excluding tert-OH is 1. The summed E-state index contributed by atoms with van der Waals surface area (Å²) < 4.78 is 4.95. The first-order valence-electron chi connectivity index (χ1n) is 7.52. The lowest BCUT2D eigenvalue weighted by Crippen LogP contribution is -2.21. The number of aliphatic hydroxyl groups is 1. The first-order valence-corrected chi connectivity index (χ1v) is 7.52. The van der Waals surface area contributed by atoms with Crippen LogP contribution in [0.4, 0.5) is 11.4 Å². The molecule has 130 valence electrons. The Labute approximate surface area is 144 Å². The number of nitrogens with one attached hydrogen (secondary N) is 2. The van der Waals surface area contributed by atoms with Crippen molar-refractivity contribution in [2.75, 3.05) is 17.2 Å². The molecule has 0 aliphatic rings. The number of rotatable bonds is 6. The second-order valence-corrected chi connectivity index (χ2v) is 5.24. The van der Waals surface area contributed by atoms with E-state index < -0.39 is 18.5 Å². The fourth-order valence-corrected chi connectivity index (χ4v) is 2.04. The Balaban J connectivity index is 1.87. The molecule has 7 nitrogen and oxygen atoms in total. The highest BCUT2D eigenvalue weighted by atomic mass is 16.5. The van der Waals surface area contributed by atoms with Gasteiger partial charge in [0.05, 0.1) is 12.2 Å². The van der Waals surface area contributed by atoms with Crippen LogP contribution in [0.15, 0.2) is 48.5 Å². The second-order valence-electron chi connectivity index (χ2n) is 5.24. The van der Waals surface area contributed by atoms with Crippen LogP contribution in [0.1, 0.15) is 22.8 Å². The zero-order chi connectivity index (χ0) is 18.2. The molecule has 0 aliphatic heterocycles. The molecule has 0 fully saturated rings. The highest BCUT2D eigenvalue weighted by molar-refractivity contribution is 5.96. The van der Waals surface area contributed by atoms with Crippen LogP contribution in [-0.2, 0) is 20.9 Å². The van der Waals surface area contributed by atoms with E-state index in [1.807, 2.05) is 0 Å². The summed E-state index contributed by atoms with van der Waals surface area (Å²) in [4.78, 5) is 34.8. The van der Waals surface area contributed by atoms with Crippen LogP contribution < -0.4 is 10.6 Å². The third-order valence-electron chi connectivity index (χ3n) is 3.17. The summed E-state index contributed by atoms with van der Waals surface area (Å²) in [6.07, 6.45) is 0. The fraction of sp³-hybridized carbons (Fsp3) is 0.167. The number of amides is 2. The molecule has 0 bridgehead atoms. The number of carbonyl (C=O) groups excluding carboxylic acids is 3. The molecule has 3 N–H and O–H groups in total. The van der Waals surface area contributed by atoms with E-state index in [9.17, 15) is 14.4 Å². The van der Waals surface area contributed by atoms with E-state index >= 15 is 0 Å². The molecule has 2 aromatic rings. The monoisotopic (exact) mass is 342 g/mol. The van der Waals surface area contributed by atoms with Crippen LogP contribution in [0, 0.1) is 0 Å². The van der Waals surface area contributed by atoms with Gasteiger partial charge in [-0.15, -0.1) is 0 Å². The SMILES string of the molecule is CC(=O)Nc1cccc(NC(=O)COC(=O)c2ccc(CO)cc2)c1. The van der Waals surface area contributed by atoms with Gasteiger partial charge in [-0.1, -0.05) is 18.2 Å². The van der Waals surface area contributed by atoms with Crippen LogP contribution in [0.3, 0.4) is 0 Å². The molecule has 0 unspecified atom stereocenters. The Morgan fingerprint density at radius 1 is 1.00 bits per heavy atom. The van der Waals surface area contributed by atoms with Gasteiger partial charge in [0.15, 0.2) is 6.61 Å². The van der Waals surface area contributed by atoms with Crippen LogP contribution in [0.5, 0.6) is 0 Å². The Bertz CT molecular complexity index is 771. The van der Waals surface area contributed by atoms with Crippen molar-refractivity contribution in [1.82, 2.24) is 0 Å². The molecule has 0 aliphatic carbocycles. The number of anilines is 2. The lowest BCUT2D eigenvalue weighted by atomic mass is 10.1. The molecule has 25 heavy (non-hydrogen) atoms. The number of hydrogen-bond donors (Lipinski definition) is 3. The van der Waals surface area contributed by atoms with Gasteiger partial charge in [-0.2, -0.15) is 0 Å². The average Bonchev–Trinajstić information content (AvgIpc) is 2.59. The largest absolute Gasteiger partial charge is 0.452 e. The van der Waals surface area contributed by atoms with Gasteiger partial charge in [0.2, 0.25) is 5.91 Å². The topological polar surface area (TPSA) is 105 Å². The number of ether oxygens (including phenoxy) is 1. The van der Waals surface area contributed by atoms with E-state index in [1.54, 1.807) is 36.4 Å². The van der Waals surface area contributed by atoms with E-state index in [1.165, 1.54) is 19.1 Å². The summed E-state index contributed by atoms with van der Waals surface area (Å²) in [6, 6.07) is 12.8. The highest BCUT2D eigenvalue weighted by Gasteiger charge is 2.10. The Morgan fingerprint density at radius 3 is 2.24 bits per heavy atom. The molecule has 0 saturated heterocycles. The van der Waals surface area contributed by atoms with Gasteiger partial charge in [0, 0.05) is 18.3 Å². The average molecular weight is 342 g/mol.